The van der Waals surface area contributed by atoms with Crippen LogP contribution in [0.15, 0.2) is 35.2 Å². The van der Waals surface area contributed by atoms with E-state index in [9.17, 15) is 13.2 Å². The smallest absolute Gasteiger partial charge is 0.240 e. The van der Waals surface area contributed by atoms with Crippen LogP contribution in [0.2, 0.25) is 0 Å². The van der Waals surface area contributed by atoms with Gasteiger partial charge in [-0.05, 0) is 37.8 Å². The Balaban J connectivity index is 1.59. The Bertz CT molecular complexity index is 692. The van der Waals surface area contributed by atoms with Gasteiger partial charge in [-0.15, -0.1) is 0 Å². The maximum absolute atomic E-state index is 12.3. The van der Waals surface area contributed by atoms with Gasteiger partial charge in [0.05, 0.1) is 16.6 Å². The molecule has 3 rings (SSSR count). The molecule has 2 saturated heterocycles. The number of nitrogens with zero attached hydrogens (tertiary/aromatic N) is 1. The van der Waals surface area contributed by atoms with E-state index in [0.29, 0.717) is 6.54 Å². The molecule has 2 aliphatic heterocycles. The maximum atomic E-state index is 12.3. The molecular formula is C17H24N2O4S. The Morgan fingerprint density at radius 1 is 1.33 bits per heavy atom. The minimum Gasteiger partial charge on any atom is -0.368 e. The molecule has 0 saturated carbocycles. The number of carbonyl (C=O) groups excluding carboxylic acids is 1. The zero-order valence-corrected chi connectivity index (χ0v) is 14.7. The molecule has 2 atom stereocenters. The fraction of sp³-hybridized carbons (Fsp3) is 0.588. The lowest BCUT2D eigenvalue weighted by Gasteiger charge is -2.38. The molecule has 2 fully saturated rings. The van der Waals surface area contributed by atoms with Gasteiger partial charge in [-0.3, -0.25) is 4.79 Å². The zero-order chi connectivity index (χ0) is 17.2. The van der Waals surface area contributed by atoms with Gasteiger partial charge in [0.25, 0.3) is 0 Å². The van der Waals surface area contributed by atoms with Crippen LogP contribution in [0.1, 0.15) is 32.6 Å². The summed E-state index contributed by atoms with van der Waals surface area (Å²) in [5.41, 5.74) is -0.299. The highest BCUT2D eigenvalue weighted by atomic mass is 32.2. The topological polar surface area (TPSA) is 75.7 Å². The van der Waals surface area contributed by atoms with E-state index >= 15 is 0 Å². The Kier molecular flexibility index (Phi) is 4.94. The van der Waals surface area contributed by atoms with Crippen LogP contribution in [-0.2, 0) is 19.6 Å². The van der Waals surface area contributed by atoms with Gasteiger partial charge in [0.15, 0.2) is 0 Å². The van der Waals surface area contributed by atoms with Crippen molar-refractivity contribution in [1.29, 1.82) is 0 Å². The van der Waals surface area contributed by atoms with Gasteiger partial charge in [0, 0.05) is 26.6 Å². The van der Waals surface area contributed by atoms with Gasteiger partial charge in [-0.1, -0.05) is 18.2 Å². The number of sulfonamides is 1. The molecule has 6 nitrogen and oxygen atoms in total. The number of likely N-dealkylation sites (tertiary alicyclic amines) is 1. The van der Waals surface area contributed by atoms with Crippen LogP contribution in [0.3, 0.4) is 0 Å². The molecule has 0 aromatic heterocycles. The Morgan fingerprint density at radius 3 is 2.75 bits per heavy atom. The summed E-state index contributed by atoms with van der Waals surface area (Å²) in [5, 5.41) is 0. The molecule has 0 bridgehead atoms. The van der Waals surface area contributed by atoms with Crippen molar-refractivity contribution in [2.45, 2.75) is 49.2 Å². The number of hydrogen-bond donors (Lipinski definition) is 1. The molecule has 7 heteroatoms. The van der Waals surface area contributed by atoms with Gasteiger partial charge in [0.1, 0.15) is 0 Å². The summed E-state index contributed by atoms with van der Waals surface area (Å²) in [6.45, 7) is 3.18. The largest absolute Gasteiger partial charge is 0.368 e. The first-order valence-corrected chi connectivity index (χ1v) is 9.87. The van der Waals surface area contributed by atoms with Crippen molar-refractivity contribution in [3.8, 4) is 0 Å². The van der Waals surface area contributed by atoms with Crippen molar-refractivity contribution in [3.05, 3.63) is 30.3 Å². The van der Waals surface area contributed by atoms with E-state index in [-0.39, 0.29) is 29.1 Å². The molecule has 1 spiro atoms. The minimum atomic E-state index is -3.51. The van der Waals surface area contributed by atoms with Crippen LogP contribution in [0.4, 0.5) is 0 Å². The minimum absolute atomic E-state index is 0.0716. The summed E-state index contributed by atoms with van der Waals surface area (Å²) in [4.78, 5) is 13.6. The van der Waals surface area contributed by atoms with Crippen molar-refractivity contribution < 1.29 is 17.9 Å². The molecule has 0 unspecified atom stereocenters. The van der Waals surface area contributed by atoms with Gasteiger partial charge in [-0.2, -0.15) is 0 Å². The second-order valence-corrected chi connectivity index (χ2v) is 8.44. The van der Waals surface area contributed by atoms with Crippen LogP contribution in [-0.4, -0.2) is 50.6 Å². The standard InChI is InChI=1S/C17H24N2O4S/c1-14(20)19-11-10-17(13-19)9-5-6-15(23-17)12-18-24(21,22)16-7-3-2-4-8-16/h2-4,7-8,15,18H,5-6,9-13H2,1H3/t15-,17-/m1/s1. The lowest BCUT2D eigenvalue weighted by Crippen LogP contribution is -2.47. The molecule has 1 aromatic carbocycles. The zero-order valence-electron chi connectivity index (χ0n) is 13.9. The van der Waals surface area contributed by atoms with E-state index < -0.39 is 10.0 Å². The van der Waals surface area contributed by atoms with Gasteiger partial charge >= 0.3 is 0 Å². The van der Waals surface area contributed by atoms with Crippen molar-refractivity contribution in [2.24, 2.45) is 0 Å². The highest BCUT2D eigenvalue weighted by Crippen LogP contribution is 2.36. The maximum Gasteiger partial charge on any atom is 0.240 e. The first-order chi connectivity index (χ1) is 11.4. The van der Waals surface area contributed by atoms with Crippen LogP contribution in [0.5, 0.6) is 0 Å². The number of carbonyl (C=O) groups is 1. The predicted molar refractivity (Wildman–Crippen MR) is 90.0 cm³/mol. The highest BCUT2D eigenvalue weighted by molar-refractivity contribution is 7.89. The number of nitrogens with one attached hydrogen (secondary N) is 1. The molecule has 2 aliphatic rings. The van der Waals surface area contributed by atoms with Gasteiger partial charge in [0.2, 0.25) is 15.9 Å². The molecule has 0 aliphatic carbocycles. The third-order valence-electron chi connectivity index (χ3n) is 4.89. The summed E-state index contributed by atoms with van der Waals surface area (Å²) in [6.07, 6.45) is 3.43. The predicted octanol–water partition coefficient (Wildman–Crippen LogP) is 1.52. The third kappa shape index (κ3) is 3.79. The van der Waals surface area contributed by atoms with Crippen molar-refractivity contribution in [1.82, 2.24) is 9.62 Å². The van der Waals surface area contributed by atoms with E-state index in [1.165, 1.54) is 0 Å². The third-order valence-corrected chi connectivity index (χ3v) is 6.33. The van der Waals surface area contributed by atoms with Crippen LogP contribution >= 0.6 is 0 Å². The fourth-order valence-corrected chi connectivity index (χ4v) is 4.65. The molecule has 1 N–H and O–H groups in total. The SMILES string of the molecule is CC(=O)N1CC[C@]2(CCC[C@H](CNS(=O)(=O)c3ccccc3)O2)C1. The Hall–Kier alpha value is -1.44. The van der Waals surface area contributed by atoms with Gasteiger partial charge in [-0.25, -0.2) is 13.1 Å². The van der Waals surface area contributed by atoms with E-state index in [1.807, 2.05) is 4.90 Å². The monoisotopic (exact) mass is 352 g/mol. The van der Waals surface area contributed by atoms with Crippen LogP contribution < -0.4 is 4.72 Å². The lowest BCUT2D eigenvalue weighted by molar-refractivity contribution is -0.135. The van der Waals surface area contributed by atoms with E-state index in [4.69, 9.17) is 4.74 Å². The molecule has 2 heterocycles. The summed E-state index contributed by atoms with van der Waals surface area (Å²) in [7, 11) is -3.51. The van der Waals surface area contributed by atoms with Crippen molar-refractivity contribution in [2.75, 3.05) is 19.6 Å². The van der Waals surface area contributed by atoms with Gasteiger partial charge < -0.3 is 9.64 Å². The molecule has 132 valence electrons. The summed E-state index contributed by atoms with van der Waals surface area (Å²) < 4.78 is 33.5. The van der Waals surface area contributed by atoms with Crippen LogP contribution in [0.25, 0.3) is 0 Å². The van der Waals surface area contributed by atoms with Crippen LogP contribution in [0, 0.1) is 0 Å². The number of benzene rings is 1. The Labute approximate surface area is 143 Å². The normalized spacial score (nSPS) is 27.5. The van der Waals surface area contributed by atoms with Crippen molar-refractivity contribution in [3.63, 3.8) is 0 Å². The number of hydrogen-bond acceptors (Lipinski definition) is 4. The summed E-state index contributed by atoms with van der Waals surface area (Å²) in [5.74, 6) is 0.0716. The van der Waals surface area contributed by atoms with Crippen molar-refractivity contribution >= 4 is 15.9 Å². The van der Waals surface area contributed by atoms with E-state index in [2.05, 4.69) is 4.72 Å². The molecule has 0 radical (unpaired) electrons. The molecule has 1 amide bonds. The second-order valence-electron chi connectivity index (χ2n) is 6.67. The molecular weight excluding hydrogens is 328 g/mol. The Morgan fingerprint density at radius 2 is 2.08 bits per heavy atom. The first-order valence-electron chi connectivity index (χ1n) is 8.38. The number of rotatable bonds is 4. The number of amides is 1. The quantitative estimate of drug-likeness (QED) is 0.891. The second kappa shape index (κ2) is 6.82. The molecule has 1 aromatic rings. The fourth-order valence-electron chi connectivity index (χ4n) is 3.57. The average Bonchev–Trinajstić information content (AvgIpc) is 2.98. The summed E-state index contributed by atoms with van der Waals surface area (Å²) >= 11 is 0. The highest BCUT2D eigenvalue weighted by Gasteiger charge is 2.43. The van der Waals surface area contributed by atoms with E-state index in [1.54, 1.807) is 37.3 Å². The van der Waals surface area contributed by atoms with E-state index in [0.717, 1.165) is 32.2 Å². The lowest BCUT2D eigenvalue weighted by atomic mass is 9.90. The number of ether oxygens (including phenoxy) is 1. The first kappa shape index (κ1) is 17.4. The average molecular weight is 352 g/mol. The summed E-state index contributed by atoms with van der Waals surface area (Å²) in [6, 6.07) is 8.35. The molecule has 24 heavy (non-hydrogen) atoms.